The summed E-state index contributed by atoms with van der Waals surface area (Å²) in [5, 5.41) is 5.17. The fourth-order valence-electron chi connectivity index (χ4n) is 3.03. The van der Waals surface area contributed by atoms with Crippen LogP contribution in [0.2, 0.25) is 0 Å². The predicted octanol–water partition coefficient (Wildman–Crippen LogP) is 2.72. The van der Waals surface area contributed by atoms with E-state index in [9.17, 15) is 22.8 Å². The van der Waals surface area contributed by atoms with E-state index in [-0.39, 0.29) is 25.1 Å². The van der Waals surface area contributed by atoms with E-state index < -0.39 is 17.8 Å². The van der Waals surface area contributed by atoms with Crippen LogP contribution >= 0.6 is 0 Å². The number of rotatable bonds is 6. The van der Waals surface area contributed by atoms with Crippen molar-refractivity contribution in [1.29, 1.82) is 0 Å². The van der Waals surface area contributed by atoms with Crippen molar-refractivity contribution in [1.82, 2.24) is 15.6 Å². The second-order valence-corrected chi connectivity index (χ2v) is 6.82. The van der Waals surface area contributed by atoms with Crippen molar-refractivity contribution in [3.05, 3.63) is 59.8 Å². The largest absolute Gasteiger partial charge is 0.445 e. The summed E-state index contributed by atoms with van der Waals surface area (Å²) < 4.78 is 42.9. The van der Waals surface area contributed by atoms with E-state index in [1.54, 1.807) is 4.90 Å². The van der Waals surface area contributed by atoms with Gasteiger partial charge in [0.2, 0.25) is 5.91 Å². The standard InChI is InChI=1S/C20H21F3N4O3/c21-20(22,23)15-6-7-17(24-10-15)27-9-8-16(12-27)26-18(28)11-25-19(29)30-13-14-4-2-1-3-5-14/h1-7,10,16H,8-9,11-13H2,(H,25,29)(H,26,28). The van der Waals surface area contributed by atoms with Crippen LogP contribution in [0.5, 0.6) is 0 Å². The summed E-state index contributed by atoms with van der Waals surface area (Å²) in [5.74, 6) is 0.0428. The number of anilines is 1. The zero-order valence-corrected chi connectivity index (χ0v) is 16.0. The Bertz CT molecular complexity index is 860. The number of amides is 2. The highest BCUT2D eigenvalue weighted by Crippen LogP contribution is 2.29. The number of ether oxygens (including phenoxy) is 1. The number of carbonyl (C=O) groups is 2. The molecule has 3 rings (SSSR count). The Kier molecular flexibility index (Phi) is 6.76. The zero-order valence-electron chi connectivity index (χ0n) is 16.0. The molecule has 0 aliphatic carbocycles. The van der Waals surface area contributed by atoms with Gasteiger partial charge in [0.25, 0.3) is 0 Å². The lowest BCUT2D eigenvalue weighted by Crippen LogP contribution is -2.43. The Morgan fingerprint density at radius 1 is 1.17 bits per heavy atom. The highest BCUT2D eigenvalue weighted by atomic mass is 19.4. The lowest BCUT2D eigenvalue weighted by atomic mass is 10.2. The van der Waals surface area contributed by atoms with Crippen LogP contribution in [0.1, 0.15) is 17.5 Å². The SMILES string of the molecule is O=C(CNC(=O)OCc1ccccc1)NC1CCN(c2ccc(C(F)(F)F)cn2)C1. The van der Waals surface area contributed by atoms with Crippen molar-refractivity contribution in [2.45, 2.75) is 25.2 Å². The third kappa shape index (κ3) is 6.10. The van der Waals surface area contributed by atoms with E-state index >= 15 is 0 Å². The number of pyridine rings is 1. The Morgan fingerprint density at radius 3 is 2.60 bits per heavy atom. The average molecular weight is 422 g/mol. The summed E-state index contributed by atoms with van der Waals surface area (Å²) in [6.45, 7) is 0.840. The van der Waals surface area contributed by atoms with Gasteiger partial charge in [-0.25, -0.2) is 9.78 Å². The maximum Gasteiger partial charge on any atom is 0.417 e. The van der Waals surface area contributed by atoms with Crippen LogP contribution in [0.25, 0.3) is 0 Å². The number of alkyl halides is 3. The number of hydrogen-bond donors (Lipinski definition) is 2. The van der Waals surface area contributed by atoms with Crippen LogP contribution < -0.4 is 15.5 Å². The van der Waals surface area contributed by atoms with Gasteiger partial charge in [0.05, 0.1) is 5.56 Å². The molecule has 30 heavy (non-hydrogen) atoms. The van der Waals surface area contributed by atoms with Crippen LogP contribution in [0.4, 0.5) is 23.8 Å². The van der Waals surface area contributed by atoms with Crippen LogP contribution in [0.3, 0.4) is 0 Å². The van der Waals surface area contributed by atoms with Crippen LogP contribution in [0.15, 0.2) is 48.7 Å². The Labute approximate surface area is 171 Å². The molecule has 1 atom stereocenters. The second-order valence-electron chi connectivity index (χ2n) is 6.82. The van der Waals surface area contributed by atoms with Gasteiger partial charge in [-0.1, -0.05) is 30.3 Å². The lowest BCUT2D eigenvalue weighted by Gasteiger charge is -2.18. The average Bonchev–Trinajstić information content (AvgIpc) is 3.19. The third-order valence-electron chi connectivity index (χ3n) is 4.56. The van der Waals surface area contributed by atoms with Crippen molar-refractivity contribution < 1.29 is 27.5 Å². The molecule has 0 radical (unpaired) electrons. The molecular formula is C20H21F3N4O3. The molecule has 1 aromatic heterocycles. The van der Waals surface area contributed by atoms with Gasteiger partial charge in [-0.3, -0.25) is 4.79 Å². The monoisotopic (exact) mass is 422 g/mol. The van der Waals surface area contributed by atoms with Gasteiger partial charge in [0.15, 0.2) is 0 Å². The smallest absolute Gasteiger partial charge is 0.417 e. The topological polar surface area (TPSA) is 83.6 Å². The van der Waals surface area contributed by atoms with E-state index in [0.717, 1.165) is 17.8 Å². The third-order valence-corrected chi connectivity index (χ3v) is 4.56. The normalized spacial score (nSPS) is 16.2. The minimum absolute atomic E-state index is 0.103. The summed E-state index contributed by atoms with van der Waals surface area (Å²) in [6.07, 6.45) is -3.71. The van der Waals surface area contributed by atoms with Crippen LogP contribution in [-0.2, 0) is 22.3 Å². The van der Waals surface area contributed by atoms with E-state index in [1.807, 2.05) is 30.3 Å². The second kappa shape index (κ2) is 9.47. The fourth-order valence-corrected chi connectivity index (χ4v) is 3.03. The molecule has 1 aromatic carbocycles. The molecule has 1 aliphatic rings. The van der Waals surface area contributed by atoms with E-state index in [1.165, 1.54) is 6.07 Å². The number of benzene rings is 1. The Balaban J connectivity index is 1.38. The number of carbonyl (C=O) groups excluding carboxylic acids is 2. The van der Waals surface area contributed by atoms with Crippen molar-refractivity contribution in [2.75, 3.05) is 24.5 Å². The van der Waals surface area contributed by atoms with Gasteiger partial charge < -0.3 is 20.3 Å². The molecule has 2 N–H and O–H groups in total. The summed E-state index contributed by atoms with van der Waals surface area (Å²) in [7, 11) is 0. The predicted molar refractivity (Wildman–Crippen MR) is 103 cm³/mol. The van der Waals surface area contributed by atoms with Gasteiger partial charge in [-0.2, -0.15) is 13.2 Å². The maximum atomic E-state index is 12.6. The van der Waals surface area contributed by atoms with Gasteiger partial charge in [0, 0.05) is 25.3 Å². The van der Waals surface area contributed by atoms with Crippen molar-refractivity contribution in [3.8, 4) is 0 Å². The minimum Gasteiger partial charge on any atom is -0.445 e. The van der Waals surface area contributed by atoms with Gasteiger partial charge in [-0.15, -0.1) is 0 Å². The van der Waals surface area contributed by atoms with Crippen molar-refractivity contribution >= 4 is 17.8 Å². The summed E-state index contributed by atoms with van der Waals surface area (Å²) in [5.41, 5.74) is 0.0283. The summed E-state index contributed by atoms with van der Waals surface area (Å²) in [4.78, 5) is 29.4. The molecule has 1 saturated heterocycles. The lowest BCUT2D eigenvalue weighted by molar-refractivity contribution is -0.137. The molecule has 0 saturated carbocycles. The molecule has 1 fully saturated rings. The van der Waals surface area contributed by atoms with Gasteiger partial charge >= 0.3 is 12.3 Å². The molecular weight excluding hydrogens is 401 g/mol. The summed E-state index contributed by atoms with van der Waals surface area (Å²) >= 11 is 0. The number of aromatic nitrogens is 1. The number of nitrogens with zero attached hydrogens (tertiary/aromatic N) is 2. The summed E-state index contributed by atoms with van der Waals surface area (Å²) in [6, 6.07) is 11.3. The first-order valence-corrected chi connectivity index (χ1v) is 9.33. The highest BCUT2D eigenvalue weighted by molar-refractivity contribution is 5.82. The van der Waals surface area contributed by atoms with Crippen LogP contribution in [-0.4, -0.2) is 42.7 Å². The number of hydrogen-bond acceptors (Lipinski definition) is 5. The first kappa shape index (κ1) is 21.4. The number of nitrogens with one attached hydrogen (secondary N) is 2. The Hall–Kier alpha value is -3.30. The molecule has 2 heterocycles. The molecule has 160 valence electrons. The van der Waals surface area contributed by atoms with Crippen LogP contribution in [0, 0.1) is 0 Å². The minimum atomic E-state index is -4.43. The first-order chi connectivity index (χ1) is 14.3. The van der Waals surface area contributed by atoms with Crippen molar-refractivity contribution in [3.63, 3.8) is 0 Å². The number of halogens is 3. The molecule has 7 nitrogen and oxygen atoms in total. The van der Waals surface area contributed by atoms with E-state index in [0.29, 0.717) is 25.3 Å². The molecule has 0 spiro atoms. The molecule has 10 heteroatoms. The quantitative estimate of drug-likeness (QED) is 0.748. The highest BCUT2D eigenvalue weighted by Gasteiger charge is 2.31. The molecule has 1 aliphatic heterocycles. The Morgan fingerprint density at radius 2 is 1.93 bits per heavy atom. The zero-order chi connectivity index (χ0) is 21.6. The molecule has 2 aromatic rings. The molecule has 1 unspecified atom stereocenters. The number of alkyl carbamates (subject to hydrolysis) is 1. The first-order valence-electron chi connectivity index (χ1n) is 9.33. The maximum absolute atomic E-state index is 12.6. The van der Waals surface area contributed by atoms with Crippen molar-refractivity contribution in [2.24, 2.45) is 0 Å². The fraction of sp³-hybridized carbons (Fsp3) is 0.350. The van der Waals surface area contributed by atoms with E-state index in [4.69, 9.17) is 4.74 Å². The van der Waals surface area contributed by atoms with Gasteiger partial charge in [-0.05, 0) is 24.1 Å². The molecule has 2 amide bonds. The van der Waals surface area contributed by atoms with E-state index in [2.05, 4.69) is 15.6 Å². The van der Waals surface area contributed by atoms with Gasteiger partial charge in [0.1, 0.15) is 19.0 Å². The molecule has 0 bridgehead atoms.